The molecule has 174 valence electrons. The zero-order chi connectivity index (χ0) is 20.2. The molecule has 0 aromatic heterocycles. The molecule has 0 aromatic rings. The van der Waals surface area contributed by atoms with Gasteiger partial charge in [0.2, 0.25) is 0 Å². The Balaban J connectivity index is 0.00000256. The Morgan fingerprint density at radius 1 is 0.533 bits per heavy atom. The fraction of sp³-hybridized carbons (Fsp3) is 0.963. The van der Waals surface area contributed by atoms with E-state index >= 15 is 0 Å². The molecule has 4 rings (SSSR count). The van der Waals surface area contributed by atoms with Gasteiger partial charge in [-0.1, -0.05) is 39.5 Å². The van der Waals surface area contributed by atoms with Crippen molar-refractivity contribution in [3.05, 3.63) is 0 Å². The van der Waals surface area contributed by atoms with Gasteiger partial charge in [-0.05, 0) is 113 Å². The first-order chi connectivity index (χ1) is 14.1. The van der Waals surface area contributed by atoms with Crippen LogP contribution in [0.4, 0.5) is 0 Å². The summed E-state index contributed by atoms with van der Waals surface area (Å²) < 4.78 is 6.04. The molecular formula is C27H48O3. The predicted molar refractivity (Wildman–Crippen MR) is 123 cm³/mol. The van der Waals surface area contributed by atoms with Crippen LogP contribution < -0.4 is 0 Å². The van der Waals surface area contributed by atoms with Crippen LogP contribution in [0.15, 0.2) is 0 Å². The van der Waals surface area contributed by atoms with Crippen LogP contribution in [0, 0.1) is 41.4 Å². The van der Waals surface area contributed by atoms with Crippen molar-refractivity contribution in [3.63, 3.8) is 0 Å². The van der Waals surface area contributed by atoms with Crippen molar-refractivity contribution in [2.75, 3.05) is 0 Å². The molecule has 0 heterocycles. The largest absolute Gasteiger partial charge is 0.462 e. The predicted octanol–water partition coefficient (Wildman–Crippen LogP) is 6.72. The second-order valence-electron chi connectivity index (χ2n) is 11.6. The topological polar surface area (TPSA) is 57.8 Å². The Bertz CT molecular complexity index is 500. The van der Waals surface area contributed by atoms with Gasteiger partial charge in [-0.25, -0.2) is 0 Å². The highest BCUT2D eigenvalue weighted by Gasteiger charge is 2.35. The lowest BCUT2D eigenvalue weighted by atomic mass is 9.69. The van der Waals surface area contributed by atoms with E-state index in [-0.39, 0.29) is 23.5 Å². The number of hydrogen-bond donors (Lipinski definition) is 0. The number of ether oxygens (including phenoxy) is 1. The Hall–Kier alpha value is -0.570. The van der Waals surface area contributed by atoms with E-state index in [1.54, 1.807) is 0 Å². The smallest absolute Gasteiger partial charge is 0.309 e. The van der Waals surface area contributed by atoms with Crippen molar-refractivity contribution < 1.29 is 15.0 Å². The summed E-state index contributed by atoms with van der Waals surface area (Å²) in [5.41, 5.74) is 0. The molecule has 0 spiro atoms. The number of carbonyl (C=O) groups excluding carboxylic acids is 1. The van der Waals surface area contributed by atoms with E-state index in [0.717, 1.165) is 61.2 Å². The van der Waals surface area contributed by atoms with Crippen LogP contribution in [0.3, 0.4) is 0 Å². The van der Waals surface area contributed by atoms with Crippen molar-refractivity contribution in [3.8, 4) is 0 Å². The van der Waals surface area contributed by atoms with Gasteiger partial charge in [0.15, 0.2) is 0 Å². The zero-order valence-corrected chi connectivity index (χ0v) is 19.7. The van der Waals surface area contributed by atoms with E-state index in [0.29, 0.717) is 0 Å². The molecule has 3 nitrogen and oxygen atoms in total. The van der Waals surface area contributed by atoms with E-state index in [1.165, 1.54) is 77.0 Å². The number of rotatable bonds is 4. The summed E-state index contributed by atoms with van der Waals surface area (Å²) in [7, 11) is 0. The average molecular weight is 421 g/mol. The first kappa shape index (κ1) is 24.1. The Morgan fingerprint density at radius 2 is 0.867 bits per heavy atom. The fourth-order valence-electron chi connectivity index (χ4n) is 7.28. The molecule has 4 saturated carbocycles. The summed E-state index contributed by atoms with van der Waals surface area (Å²) in [5, 5.41) is 0. The molecule has 4 fully saturated rings. The summed E-state index contributed by atoms with van der Waals surface area (Å²) in [4.78, 5) is 12.8. The fourth-order valence-corrected chi connectivity index (χ4v) is 7.28. The Kier molecular flexibility index (Phi) is 9.10. The maximum Gasteiger partial charge on any atom is 0.309 e. The molecule has 0 aliphatic heterocycles. The number of hydrogen-bond acceptors (Lipinski definition) is 2. The number of esters is 1. The molecule has 0 aromatic carbocycles. The standard InChI is InChI=1S/C27H46O2.H2O/c1-19-3-7-21(8-4-19)23-11-13-25(14-12-23)27(28)29-26-17-15-24(16-18-26)22-9-5-20(2)6-10-22;/h19-26H,3-18H2,1-2H3;1H2. The van der Waals surface area contributed by atoms with E-state index in [9.17, 15) is 4.79 Å². The molecule has 0 amide bonds. The van der Waals surface area contributed by atoms with Gasteiger partial charge in [-0.3, -0.25) is 4.79 Å². The lowest BCUT2D eigenvalue weighted by molar-refractivity contribution is -0.158. The third-order valence-electron chi connectivity index (χ3n) is 9.56. The van der Waals surface area contributed by atoms with Gasteiger partial charge in [0.1, 0.15) is 6.10 Å². The van der Waals surface area contributed by atoms with Crippen LogP contribution in [0.5, 0.6) is 0 Å². The van der Waals surface area contributed by atoms with Gasteiger partial charge in [-0.2, -0.15) is 0 Å². The summed E-state index contributed by atoms with van der Waals surface area (Å²) in [5.74, 6) is 5.94. The van der Waals surface area contributed by atoms with Crippen LogP contribution in [0.2, 0.25) is 0 Å². The monoisotopic (exact) mass is 420 g/mol. The van der Waals surface area contributed by atoms with Gasteiger partial charge < -0.3 is 10.2 Å². The highest BCUT2D eigenvalue weighted by atomic mass is 16.5. The molecular weight excluding hydrogens is 372 g/mol. The zero-order valence-electron chi connectivity index (χ0n) is 19.7. The minimum absolute atomic E-state index is 0. The molecule has 0 saturated heterocycles. The van der Waals surface area contributed by atoms with Crippen LogP contribution in [0.25, 0.3) is 0 Å². The first-order valence-electron chi connectivity index (χ1n) is 13.3. The van der Waals surface area contributed by atoms with Crippen molar-refractivity contribution in [2.45, 2.75) is 123 Å². The molecule has 2 N–H and O–H groups in total. The van der Waals surface area contributed by atoms with E-state index in [4.69, 9.17) is 4.74 Å². The second-order valence-corrected chi connectivity index (χ2v) is 11.6. The lowest BCUT2D eigenvalue weighted by Crippen LogP contribution is -2.33. The summed E-state index contributed by atoms with van der Waals surface area (Å²) in [6.07, 6.45) is 21.2. The van der Waals surface area contributed by atoms with E-state index in [2.05, 4.69) is 13.8 Å². The van der Waals surface area contributed by atoms with Gasteiger partial charge in [0, 0.05) is 0 Å². The SMILES string of the molecule is CC1CCC(C2CCC(OC(=O)C3CCC(C4CCC(C)CC4)CC3)CC2)CC1.O. The van der Waals surface area contributed by atoms with Crippen molar-refractivity contribution in [1.82, 2.24) is 0 Å². The van der Waals surface area contributed by atoms with Crippen LogP contribution in [-0.2, 0) is 9.53 Å². The molecule has 0 unspecified atom stereocenters. The summed E-state index contributed by atoms with van der Waals surface area (Å²) in [6, 6.07) is 0. The van der Waals surface area contributed by atoms with Gasteiger partial charge in [0.25, 0.3) is 0 Å². The highest BCUT2D eigenvalue weighted by molar-refractivity contribution is 5.72. The van der Waals surface area contributed by atoms with Crippen LogP contribution in [-0.4, -0.2) is 17.5 Å². The van der Waals surface area contributed by atoms with Crippen LogP contribution >= 0.6 is 0 Å². The third kappa shape index (κ3) is 6.24. The Morgan fingerprint density at radius 3 is 1.27 bits per heavy atom. The second kappa shape index (κ2) is 11.3. The summed E-state index contributed by atoms with van der Waals surface area (Å²) in [6.45, 7) is 4.82. The maximum absolute atomic E-state index is 12.8. The molecule has 4 aliphatic carbocycles. The van der Waals surface area contributed by atoms with E-state index in [1.807, 2.05) is 0 Å². The van der Waals surface area contributed by atoms with Crippen molar-refractivity contribution >= 4 is 5.97 Å². The highest BCUT2D eigenvalue weighted by Crippen LogP contribution is 2.43. The molecule has 0 radical (unpaired) electrons. The van der Waals surface area contributed by atoms with Crippen LogP contribution in [0.1, 0.15) is 117 Å². The summed E-state index contributed by atoms with van der Waals surface area (Å²) >= 11 is 0. The van der Waals surface area contributed by atoms with Gasteiger partial charge >= 0.3 is 5.97 Å². The molecule has 3 heteroatoms. The minimum Gasteiger partial charge on any atom is -0.462 e. The lowest BCUT2D eigenvalue weighted by Gasteiger charge is -2.38. The first-order valence-corrected chi connectivity index (χ1v) is 13.3. The molecule has 0 atom stereocenters. The number of carbonyl (C=O) groups is 1. The molecule has 4 aliphatic rings. The normalized spacial score (nSPS) is 42.7. The molecule has 0 bridgehead atoms. The van der Waals surface area contributed by atoms with Gasteiger partial charge in [-0.15, -0.1) is 0 Å². The molecule has 30 heavy (non-hydrogen) atoms. The average Bonchev–Trinajstić information content (AvgIpc) is 2.76. The quantitative estimate of drug-likeness (QED) is 0.474. The van der Waals surface area contributed by atoms with Crippen molar-refractivity contribution in [2.24, 2.45) is 41.4 Å². The van der Waals surface area contributed by atoms with Crippen molar-refractivity contribution in [1.29, 1.82) is 0 Å². The van der Waals surface area contributed by atoms with Gasteiger partial charge in [0.05, 0.1) is 5.92 Å². The van der Waals surface area contributed by atoms with E-state index < -0.39 is 0 Å². The third-order valence-corrected chi connectivity index (χ3v) is 9.56. The minimum atomic E-state index is 0. The Labute approximate surface area is 185 Å². The maximum atomic E-state index is 12.8.